The quantitative estimate of drug-likeness (QED) is 0.541. The second-order valence-electron chi connectivity index (χ2n) is 10.2. The first-order valence-corrected chi connectivity index (χ1v) is 12.1. The maximum absolute atomic E-state index is 13.6. The molecule has 0 aliphatic heterocycles. The zero-order chi connectivity index (χ0) is 28.0. The van der Waals surface area contributed by atoms with Crippen molar-refractivity contribution in [3.8, 4) is 0 Å². The molecule has 38 heavy (non-hydrogen) atoms. The molecule has 0 saturated heterocycles. The van der Waals surface area contributed by atoms with Gasteiger partial charge in [-0.3, -0.25) is 9.59 Å². The number of nitrogens with two attached hydrogens (primary N) is 1. The van der Waals surface area contributed by atoms with Gasteiger partial charge < -0.3 is 20.1 Å². The van der Waals surface area contributed by atoms with E-state index in [1.54, 1.807) is 71.5 Å². The van der Waals surface area contributed by atoms with Crippen LogP contribution in [0, 0.1) is 0 Å². The van der Waals surface area contributed by atoms with E-state index in [0.717, 1.165) is 11.1 Å². The van der Waals surface area contributed by atoms with E-state index in [1.807, 2.05) is 0 Å². The van der Waals surface area contributed by atoms with Crippen molar-refractivity contribution in [2.75, 3.05) is 28.2 Å². The van der Waals surface area contributed by atoms with Crippen LogP contribution in [0.3, 0.4) is 0 Å². The Morgan fingerprint density at radius 1 is 0.974 bits per heavy atom. The molecule has 1 atom stereocenters. The number of nitrogens with zero attached hydrogens (tertiary/aromatic N) is 4. The van der Waals surface area contributed by atoms with Gasteiger partial charge in [0.1, 0.15) is 0 Å². The van der Waals surface area contributed by atoms with Crippen molar-refractivity contribution in [2.45, 2.75) is 43.8 Å². The first kappa shape index (κ1) is 27.3. The van der Waals surface area contributed by atoms with Crippen molar-refractivity contribution in [3.05, 3.63) is 81.5 Å². The van der Waals surface area contributed by atoms with Gasteiger partial charge in [-0.1, -0.05) is 17.3 Å². The predicted octanol–water partition coefficient (Wildman–Crippen LogP) is 3.66. The SMILES string of the molecule is C[C@H](N)CC1(c2noc(C(F)(F)F)n2)c2ccc(C(=O)N(C)C)cc2CCc2cc(C(=O)N(C)C)ccc21. The minimum Gasteiger partial charge on any atom is -0.345 e. The summed E-state index contributed by atoms with van der Waals surface area (Å²) in [7, 11) is 6.58. The van der Waals surface area contributed by atoms with Crippen LogP contribution < -0.4 is 5.73 Å². The van der Waals surface area contributed by atoms with Crippen molar-refractivity contribution in [1.29, 1.82) is 0 Å². The van der Waals surface area contributed by atoms with Crippen LogP contribution >= 0.6 is 0 Å². The van der Waals surface area contributed by atoms with E-state index in [2.05, 4.69) is 10.1 Å². The molecule has 1 aliphatic carbocycles. The summed E-state index contributed by atoms with van der Waals surface area (Å²) >= 11 is 0. The molecule has 1 aliphatic rings. The third-order valence-corrected chi connectivity index (χ3v) is 6.78. The van der Waals surface area contributed by atoms with Crippen LogP contribution in [0.15, 0.2) is 40.9 Å². The summed E-state index contributed by atoms with van der Waals surface area (Å²) in [5.74, 6) is -2.04. The topological polar surface area (TPSA) is 106 Å². The van der Waals surface area contributed by atoms with E-state index in [-0.39, 0.29) is 24.1 Å². The van der Waals surface area contributed by atoms with Gasteiger partial charge in [0.05, 0.1) is 5.41 Å². The first-order chi connectivity index (χ1) is 17.8. The molecule has 2 aromatic carbocycles. The van der Waals surface area contributed by atoms with Crippen LogP contribution in [0.5, 0.6) is 0 Å². The molecule has 0 spiro atoms. The van der Waals surface area contributed by atoms with Gasteiger partial charge in [-0.05, 0) is 72.7 Å². The average molecular weight is 530 g/mol. The van der Waals surface area contributed by atoms with Gasteiger partial charge in [0.25, 0.3) is 11.8 Å². The Balaban J connectivity index is 2.05. The lowest BCUT2D eigenvalue weighted by molar-refractivity contribution is -0.159. The lowest BCUT2D eigenvalue weighted by Crippen LogP contribution is -2.38. The van der Waals surface area contributed by atoms with Crippen molar-refractivity contribution in [1.82, 2.24) is 19.9 Å². The molecule has 0 bridgehead atoms. The van der Waals surface area contributed by atoms with Crippen LogP contribution in [0.4, 0.5) is 13.2 Å². The molecule has 3 aromatic rings. The summed E-state index contributed by atoms with van der Waals surface area (Å²) in [6.07, 6.45) is -3.73. The molecular weight excluding hydrogens is 499 g/mol. The summed E-state index contributed by atoms with van der Waals surface area (Å²) in [6.45, 7) is 1.75. The molecule has 1 aromatic heterocycles. The Morgan fingerprint density at radius 2 is 1.45 bits per heavy atom. The predicted molar refractivity (Wildman–Crippen MR) is 134 cm³/mol. The molecule has 0 fully saturated rings. The highest BCUT2D eigenvalue weighted by Gasteiger charge is 2.48. The van der Waals surface area contributed by atoms with Crippen LogP contribution in [0.1, 0.15) is 68.0 Å². The fourth-order valence-electron chi connectivity index (χ4n) is 5.18. The smallest absolute Gasteiger partial charge is 0.345 e. The standard InChI is InChI=1S/C27H30F3N5O3/c1-15(31)14-26(24-32-25(38-33-24)27(28,29)30)20-10-8-18(22(36)34(2)3)12-16(20)6-7-17-13-19(9-11-21(17)26)23(37)35(4)5/h8-13,15H,6-7,14,31H2,1-5H3/t15-/m0/s1. The fourth-order valence-corrected chi connectivity index (χ4v) is 5.18. The second-order valence-corrected chi connectivity index (χ2v) is 10.2. The van der Waals surface area contributed by atoms with Gasteiger partial charge >= 0.3 is 12.1 Å². The lowest BCUT2D eigenvalue weighted by atomic mass is 9.68. The molecule has 0 saturated carbocycles. The van der Waals surface area contributed by atoms with Gasteiger partial charge in [0, 0.05) is 45.4 Å². The van der Waals surface area contributed by atoms with E-state index in [9.17, 15) is 22.8 Å². The molecule has 0 unspecified atom stereocenters. The number of alkyl halides is 3. The lowest BCUT2D eigenvalue weighted by Gasteiger charge is -2.35. The normalized spacial score (nSPS) is 15.2. The van der Waals surface area contributed by atoms with Crippen LogP contribution in [0.25, 0.3) is 0 Å². The van der Waals surface area contributed by atoms with E-state index in [0.29, 0.717) is 35.1 Å². The number of fused-ring (bicyclic) bond motifs is 2. The molecule has 4 rings (SSSR count). The van der Waals surface area contributed by atoms with Gasteiger partial charge in [-0.15, -0.1) is 0 Å². The van der Waals surface area contributed by atoms with Crippen molar-refractivity contribution in [3.63, 3.8) is 0 Å². The Morgan fingerprint density at radius 3 is 1.82 bits per heavy atom. The largest absolute Gasteiger partial charge is 0.471 e. The molecular formula is C27H30F3N5O3. The fraction of sp³-hybridized carbons (Fsp3) is 0.407. The zero-order valence-corrected chi connectivity index (χ0v) is 21.9. The first-order valence-electron chi connectivity index (χ1n) is 12.1. The number of aryl methyl sites for hydroxylation is 2. The summed E-state index contributed by atoms with van der Waals surface area (Å²) in [4.78, 5) is 32.2. The number of hydrogen-bond donors (Lipinski definition) is 1. The Labute approximate surface area is 218 Å². The number of benzene rings is 2. The van der Waals surface area contributed by atoms with Gasteiger partial charge in [-0.25, -0.2) is 0 Å². The van der Waals surface area contributed by atoms with Crippen molar-refractivity contribution >= 4 is 11.8 Å². The molecule has 2 amide bonds. The van der Waals surface area contributed by atoms with Crippen LogP contribution in [-0.4, -0.2) is 66.0 Å². The van der Waals surface area contributed by atoms with E-state index in [1.165, 1.54) is 9.80 Å². The van der Waals surface area contributed by atoms with E-state index < -0.39 is 23.5 Å². The highest BCUT2D eigenvalue weighted by molar-refractivity contribution is 5.95. The maximum atomic E-state index is 13.6. The third-order valence-electron chi connectivity index (χ3n) is 6.78. The second kappa shape index (κ2) is 9.86. The van der Waals surface area contributed by atoms with Gasteiger partial charge in [-0.2, -0.15) is 18.2 Å². The number of carbonyl (C=O) groups is 2. The average Bonchev–Trinajstić information content (AvgIpc) is 3.32. The number of amides is 2. The number of carbonyl (C=O) groups excluding carboxylic acids is 2. The van der Waals surface area contributed by atoms with Gasteiger partial charge in [0.2, 0.25) is 0 Å². The number of hydrogen-bond acceptors (Lipinski definition) is 6. The summed E-state index contributed by atoms with van der Waals surface area (Å²) < 4.78 is 45.4. The van der Waals surface area contributed by atoms with Crippen molar-refractivity contribution < 1.29 is 27.3 Å². The van der Waals surface area contributed by atoms with Crippen LogP contribution in [-0.2, 0) is 24.4 Å². The number of rotatable bonds is 5. The monoisotopic (exact) mass is 529 g/mol. The van der Waals surface area contributed by atoms with E-state index in [4.69, 9.17) is 10.3 Å². The minimum atomic E-state index is -4.83. The molecule has 1 heterocycles. The van der Waals surface area contributed by atoms with Gasteiger partial charge in [0.15, 0.2) is 5.82 Å². The molecule has 2 N–H and O–H groups in total. The molecule has 11 heteroatoms. The highest BCUT2D eigenvalue weighted by Crippen LogP contribution is 2.47. The Bertz CT molecular complexity index is 1310. The third kappa shape index (κ3) is 4.78. The summed E-state index contributed by atoms with van der Waals surface area (Å²) in [5.41, 5.74) is 8.69. The number of halogens is 3. The van der Waals surface area contributed by atoms with Crippen molar-refractivity contribution in [2.24, 2.45) is 5.73 Å². The zero-order valence-electron chi connectivity index (χ0n) is 21.9. The molecule has 8 nitrogen and oxygen atoms in total. The highest BCUT2D eigenvalue weighted by atomic mass is 19.4. The number of aromatic nitrogens is 2. The molecule has 0 radical (unpaired) electrons. The Hall–Kier alpha value is -3.73. The van der Waals surface area contributed by atoms with Crippen LogP contribution in [0.2, 0.25) is 0 Å². The summed E-state index contributed by atoms with van der Waals surface area (Å²) in [6, 6.07) is 9.82. The maximum Gasteiger partial charge on any atom is 0.471 e. The molecule has 202 valence electrons. The Kier molecular flexibility index (Phi) is 7.09. The van der Waals surface area contributed by atoms with E-state index >= 15 is 0 Å². The minimum absolute atomic E-state index is 0.159. The summed E-state index contributed by atoms with van der Waals surface area (Å²) in [5, 5.41) is 3.83.